The largest absolute Gasteiger partial charge is 0.224 e. The highest BCUT2D eigenvalue weighted by atomic mass is 32.2. The summed E-state index contributed by atoms with van der Waals surface area (Å²) in [6.45, 7) is 0. The van der Waals surface area contributed by atoms with Crippen LogP contribution in [-0.4, -0.2) is 24.3 Å². The van der Waals surface area contributed by atoms with Gasteiger partial charge in [0.05, 0.1) is 9.77 Å². The molecule has 0 N–H and O–H groups in total. The van der Waals surface area contributed by atoms with Gasteiger partial charge < -0.3 is 0 Å². The molecule has 0 saturated carbocycles. The molecule has 2 aromatic carbocycles. The van der Waals surface area contributed by atoms with Crippen LogP contribution in [0.3, 0.4) is 0 Å². The summed E-state index contributed by atoms with van der Waals surface area (Å²) in [5, 5.41) is 4.10. The van der Waals surface area contributed by atoms with E-state index in [0.717, 1.165) is 22.3 Å². The van der Waals surface area contributed by atoms with E-state index in [4.69, 9.17) is 0 Å². The highest BCUT2D eigenvalue weighted by molar-refractivity contribution is 7.90. The lowest BCUT2D eigenvalue weighted by atomic mass is 10.1. The molecule has 0 unspecified atom stereocenters. The van der Waals surface area contributed by atoms with Gasteiger partial charge in [-0.15, -0.1) is 5.10 Å². The summed E-state index contributed by atoms with van der Waals surface area (Å²) in [5.41, 5.74) is 2.23. The number of nitrogens with zero attached hydrogens (tertiary/aromatic N) is 2. The minimum atomic E-state index is -3.23. The number of hydrogen-bond acceptors (Lipinski definition) is 5. The molecule has 0 aliphatic carbocycles. The SMILES string of the molecule is CS(=O)(=O)c1ccc(-c2nnsc2-c2ccc(F)cc2)cc1. The average molecular weight is 334 g/mol. The molecular weight excluding hydrogens is 323 g/mol. The van der Waals surface area contributed by atoms with Gasteiger partial charge in [-0.1, -0.05) is 28.8 Å². The summed E-state index contributed by atoms with van der Waals surface area (Å²) in [4.78, 5) is 1.06. The molecule has 0 spiro atoms. The number of hydrogen-bond donors (Lipinski definition) is 0. The Hall–Kier alpha value is -2.12. The van der Waals surface area contributed by atoms with Crippen molar-refractivity contribution in [3.8, 4) is 21.7 Å². The number of rotatable bonds is 3. The first-order valence-electron chi connectivity index (χ1n) is 6.34. The quantitative estimate of drug-likeness (QED) is 0.736. The molecule has 22 heavy (non-hydrogen) atoms. The van der Waals surface area contributed by atoms with E-state index in [1.54, 1.807) is 36.4 Å². The Labute approximate surface area is 131 Å². The van der Waals surface area contributed by atoms with Crippen LogP contribution in [0.5, 0.6) is 0 Å². The van der Waals surface area contributed by atoms with Crippen LogP contribution in [-0.2, 0) is 9.84 Å². The standard InChI is InChI=1S/C15H11FN2O2S2/c1-22(19,20)13-8-4-10(5-9-13)14-15(21-18-17-14)11-2-6-12(16)7-3-11/h2-9H,1H3. The summed E-state index contributed by atoms with van der Waals surface area (Å²) in [5.74, 6) is -0.305. The van der Waals surface area contributed by atoms with Gasteiger partial charge in [0.2, 0.25) is 0 Å². The fraction of sp³-hybridized carbons (Fsp3) is 0.0667. The predicted octanol–water partition coefficient (Wildman–Crippen LogP) is 3.41. The summed E-state index contributed by atoms with van der Waals surface area (Å²) < 4.78 is 40.0. The van der Waals surface area contributed by atoms with Gasteiger partial charge in [0.1, 0.15) is 11.5 Å². The number of aromatic nitrogens is 2. The molecule has 0 aliphatic heterocycles. The first-order valence-corrected chi connectivity index (χ1v) is 9.00. The number of benzene rings is 2. The Balaban J connectivity index is 2.03. The second-order valence-electron chi connectivity index (χ2n) is 4.75. The molecular formula is C15H11FN2O2S2. The van der Waals surface area contributed by atoms with E-state index in [2.05, 4.69) is 9.59 Å². The fourth-order valence-corrected chi connectivity index (χ4v) is 3.35. The molecule has 0 radical (unpaired) electrons. The molecule has 7 heteroatoms. The van der Waals surface area contributed by atoms with Gasteiger partial charge >= 0.3 is 0 Å². The van der Waals surface area contributed by atoms with E-state index in [1.807, 2.05) is 0 Å². The summed E-state index contributed by atoms with van der Waals surface area (Å²) in [7, 11) is -3.23. The van der Waals surface area contributed by atoms with Crippen molar-refractivity contribution in [3.05, 3.63) is 54.3 Å². The minimum Gasteiger partial charge on any atom is -0.224 e. The lowest BCUT2D eigenvalue weighted by Gasteiger charge is -2.03. The van der Waals surface area contributed by atoms with Gasteiger partial charge in [0, 0.05) is 11.8 Å². The summed E-state index contributed by atoms with van der Waals surface area (Å²) in [6.07, 6.45) is 1.16. The second kappa shape index (κ2) is 5.58. The Kier molecular flexibility index (Phi) is 3.76. The van der Waals surface area contributed by atoms with Gasteiger partial charge in [0.25, 0.3) is 0 Å². The lowest BCUT2D eigenvalue weighted by Crippen LogP contribution is -1.96. The van der Waals surface area contributed by atoms with E-state index >= 15 is 0 Å². The normalized spacial score (nSPS) is 11.5. The zero-order valence-corrected chi connectivity index (χ0v) is 13.2. The van der Waals surface area contributed by atoms with E-state index in [-0.39, 0.29) is 10.7 Å². The highest BCUT2D eigenvalue weighted by Gasteiger charge is 2.14. The molecule has 1 aromatic heterocycles. The van der Waals surface area contributed by atoms with Crippen molar-refractivity contribution >= 4 is 21.4 Å². The third-order valence-electron chi connectivity index (χ3n) is 3.15. The Morgan fingerprint density at radius 2 is 1.55 bits per heavy atom. The number of halogens is 1. The maximum atomic E-state index is 13.0. The van der Waals surface area contributed by atoms with E-state index in [9.17, 15) is 12.8 Å². The van der Waals surface area contributed by atoms with Crippen molar-refractivity contribution < 1.29 is 12.8 Å². The molecule has 0 atom stereocenters. The van der Waals surface area contributed by atoms with E-state index in [1.165, 1.54) is 23.7 Å². The molecule has 0 saturated heterocycles. The Morgan fingerprint density at radius 3 is 2.14 bits per heavy atom. The third kappa shape index (κ3) is 2.90. The lowest BCUT2D eigenvalue weighted by molar-refractivity contribution is 0.602. The monoisotopic (exact) mass is 334 g/mol. The van der Waals surface area contributed by atoms with Crippen LogP contribution in [0.2, 0.25) is 0 Å². The van der Waals surface area contributed by atoms with Crippen LogP contribution in [0.4, 0.5) is 4.39 Å². The molecule has 0 bridgehead atoms. The topological polar surface area (TPSA) is 59.9 Å². The minimum absolute atomic E-state index is 0.253. The van der Waals surface area contributed by atoms with Crippen LogP contribution >= 0.6 is 11.5 Å². The van der Waals surface area contributed by atoms with Crippen molar-refractivity contribution in [1.82, 2.24) is 9.59 Å². The van der Waals surface area contributed by atoms with Crippen molar-refractivity contribution in [3.63, 3.8) is 0 Å². The van der Waals surface area contributed by atoms with Crippen LogP contribution in [0.25, 0.3) is 21.7 Å². The van der Waals surface area contributed by atoms with Gasteiger partial charge in [-0.05, 0) is 41.4 Å². The zero-order valence-electron chi connectivity index (χ0n) is 11.5. The number of sulfone groups is 1. The van der Waals surface area contributed by atoms with Crippen LogP contribution in [0.1, 0.15) is 0 Å². The van der Waals surface area contributed by atoms with Crippen LogP contribution in [0.15, 0.2) is 53.4 Å². The Bertz CT molecular complexity index is 901. The smallest absolute Gasteiger partial charge is 0.175 e. The average Bonchev–Trinajstić information content (AvgIpc) is 2.97. The van der Waals surface area contributed by atoms with Gasteiger partial charge in [0.15, 0.2) is 9.84 Å². The van der Waals surface area contributed by atoms with Crippen molar-refractivity contribution in [2.75, 3.05) is 6.26 Å². The fourth-order valence-electron chi connectivity index (χ4n) is 2.03. The zero-order chi connectivity index (χ0) is 15.7. The third-order valence-corrected chi connectivity index (χ3v) is 5.05. The predicted molar refractivity (Wildman–Crippen MR) is 83.8 cm³/mol. The molecule has 0 amide bonds. The second-order valence-corrected chi connectivity index (χ2v) is 7.52. The van der Waals surface area contributed by atoms with Crippen LogP contribution < -0.4 is 0 Å². The first-order chi connectivity index (χ1) is 10.4. The van der Waals surface area contributed by atoms with Gasteiger partial charge in [-0.2, -0.15) is 0 Å². The maximum absolute atomic E-state index is 13.0. The van der Waals surface area contributed by atoms with Gasteiger partial charge in [-0.25, -0.2) is 12.8 Å². The molecule has 0 aliphatic rings. The van der Waals surface area contributed by atoms with Crippen molar-refractivity contribution in [1.29, 1.82) is 0 Å². The summed E-state index contributed by atoms with van der Waals surface area (Å²) in [6, 6.07) is 12.6. The highest BCUT2D eigenvalue weighted by Crippen LogP contribution is 2.33. The molecule has 112 valence electrons. The Morgan fingerprint density at radius 1 is 0.955 bits per heavy atom. The molecule has 0 fully saturated rings. The maximum Gasteiger partial charge on any atom is 0.175 e. The van der Waals surface area contributed by atoms with Gasteiger partial charge in [-0.3, -0.25) is 0 Å². The van der Waals surface area contributed by atoms with E-state index < -0.39 is 9.84 Å². The van der Waals surface area contributed by atoms with E-state index in [0.29, 0.717) is 5.69 Å². The summed E-state index contributed by atoms with van der Waals surface area (Å²) >= 11 is 1.21. The van der Waals surface area contributed by atoms with Crippen molar-refractivity contribution in [2.45, 2.75) is 4.90 Å². The molecule has 4 nitrogen and oxygen atoms in total. The first kappa shape index (κ1) is 14.8. The van der Waals surface area contributed by atoms with Crippen molar-refractivity contribution in [2.24, 2.45) is 0 Å². The molecule has 1 heterocycles. The molecule has 3 rings (SSSR count). The van der Waals surface area contributed by atoms with Crippen LogP contribution in [0, 0.1) is 5.82 Å². The molecule has 3 aromatic rings.